The predicted molar refractivity (Wildman–Crippen MR) is 74.9 cm³/mol. The molecule has 0 spiro atoms. The monoisotopic (exact) mass is 269 g/mol. The predicted octanol–water partition coefficient (Wildman–Crippen LogP) is 0.439. The first-order valence-electron chi connectivity index (χ1n) is 7.64. The Morgan fingerprint density at radius 2 is 1.95 bits per heavy atom. The Morgan fingerprint density at radius 1 is 1.16 bits per heavy atom. The summed E-state index contributed by atoms with van der Waals surface area (Å²) in [6.45, 7) is 6.40. The molecule has 5 heteroatoms. The zero-order valence-corrected chi connectivity index (χ0v) is 11.9. The standard InChI is InChI=1S/C14H27N3O2/c15-6-2-1-3-7-16-8-10-17(11-9-16)14(18)13-5-4-12-19-13/h13H,1-12,15H2. The fourth-order valence-corrected chi connectivity index (χ4v) is 2.82. The van der Waals surface area contributed by atoms with Crippen LogP contribution in [-0.2, 0) is 9.53 Å². The Bertz CT molecular complexity index is 272. The smallest absolute Gasteiger partial charge is 0.251 e. The molecule has 0 aromatic heterocycles. The van der Waals surface area contributed by atoms with Crippen LogP contribution in [-0.4, -0.2) is 67.7 Å². The zero-order chi connectivity index (χ0) is 13.5. The van der Waals surface area contributed by atoms with Crippen LogP contribution in [0.3, 0.4) is 0 Å². The number of carbonyl (C=O) groups excluding carboxylic acids is 1. The van der Waals surface area contributed by atoms with E-state index in [1.54, 1.807) is 0 Å². The van der Waals surface area contributed by atoms with Gasteiger partial charge in [0.1, 0.15) is 6.10 Å². The minimum atomic E-state index is -0.156. The van der Waals surface area contributed by atoms with E-state index in [1.807, 2.05) is 4.90 Å². The topological polar surface area (TPSA) is 58.8 Å². The largest absolute Gasteiger partial charge is 0.368 e. The van der Waals surface area contributed by atoms with Crippen LogP contribution in [0.5, 0.6) is 0 Å². The molecule has 1 atom stereocenters. The van der Waals surface area contributed by atoms with Gasteiger partial charge in [-0.2, -0.15) is 0 Å². The molecule has 1 amide bonds. The maximum atomic E-state index is 12.2. The van der Waals surface area contributed by atoms with E-state index in [0.29, 0.717) is 0 Å². The first-order chi connectivity index (χ1) is 9.31. The molecule has 2 saturated heterocycles. The van der Waals surface area contributed by atoms with Crippen molar-refractivity contribution < 1.29 is 9.53 Å². The van der Waals surface area contributed by atoms with E-state index in [4.69, 9.17) is 10.5 Å². The molecule has 0 aliphatic carbocycles. The lowest BCUT2D eigenvalue weighted by Crippen LogP contribution is -2.51. The van der Waals surface area contributed by atoms with E-state index >= 15 is 0 Å². The van der Waals surface area contributed by atoms with E-state index in [0.717, 1.165) is 65.1 Å². The number of nitrogens with two attached hydrogens (primary N) is 1. The van der Waals surface area contributed by atoms with Crippen LogP contribution in [0.4, 0.5) is 0 Å². The molecule has 0 saturated carbocycles. The number of rotatable bonds is 6. The van der Waals surface area contributed by atoms with Gasteiger partial charge in [0.2, 0.25) is 0 Å². The van der Waals surface area contributed by atoms with Gasteiger partial charge in [0.15, 0.2) is 0 Å². The van der Waals surface area contributed by atoms with Crippen molar-refractivity contribution in [2.75, 3.05) is 45.9 Å². The van der Waals surface area contributed by atoms with Crippen LogP contribution in [0.2, 0.25) is 0 Å². The average Bonchev–Trinajstić information content (AvgIpc) is 2.98. The number of piperazine rings is 1. The van der Waals surface area contributed by atoms with Gasteiger partial charge in [-0.3, -0.25) is 9.69 Å². The lowest BCUT2D eigenvalue weighted by Gasteiger charge is -2.35. The van der Waals surface area contributed by atoms with Crippen molar-refractivity contribution in [1.29, 1.82) is 0 Å². The van der Waals surface area contributed by atoms with Gasteiger partial charge in [-0.1, -0.05) is 6.42 Å². The van der Waals surface area contributed by atoms with Crippen LogP contribution in [0.15, 0.2) is 0 Å². The van der Waals surface area contributed by atoms with Crippen LogP contribution >= 0.6 is 0 Å². The third-order valence-electron chi connectivity index (χ3n) is 4.07. The van der Waals surface area contributed by atoms with Crippen molar-refractivity contribution in [3.05, 3.63) is 0 Å². The maximum absolute atomic E-state index is 12.2. The van der Waals surface area contributed by atoms with Gasteiger partial charge in [-0.05, 0) is 38.8 Å². The lowest BCUT2D eigenvalue weighted by atomic mass is 10.2. The highest BCUT2D eigenvalue weighted by molar-refractivity contribution is 5.81. The Hall–Kier alpha value is -0.650. The minimum Gasteiger partial charge on any atom is -0.368 e. The van der Waals surface area contributed by atoms with Gasteiger partial charge in [0.25, 0.3) is 5.91 Å². The third-order valence-corrected chi connectivity index (χ3v) is 4.07. The summed E-state index contributed by atoms with van der Waals surface area (Å²) in [5, 5.41) is 0. The summed E-state index contributed by atoms with van der Waals surface area (Å²) in [4.78, 5) is 16.6. The SMILES string of the molecule is NCCCCCN1CCN(C(=O)C2CCCO2)CC1. The molecule has 0 bridgehead atoms. The molecule has 0 aromatic carbocycles. The van der Waals surface area contributed by atoms with Crippen LogP contribution in [0.1, 0.15) is 32.1 Å². The summed E-state index contributed by atoms with van der Waals surface area (Å²) in [6, 6.07) is 0. The summed E-state index contributed by atoms with van der Waals surface area (Å²) >= 11 is 0. The second-order valence-electron chi connectivity index (χ2n) is 5.52. The summed E-state index contributed by atoms with van der Waals surface area (Å²) in [5.41, 5.74) is 5.49. The fourth-order valence-electron chi connectivity index (χ4n) is 2.82. The van der Waals surface area contributed by atoms with Crippen molar-refractivity contribution in [2.45, 2.75) is 38.2 Å². The number of hydrogen-bond acceptors (Lipinski definition) is 4. The van der Waals surface area contributed by atoms with Gasteiger partial charge in [-0.25, -0.2) is 0 Å². The number of ether oxygens (including phenoxy) is 1. The maximum Gasteiger partial charge on any atom is 0.251 e. The summed E-state index contributed by atoms with van der Waals surface area (Å²) < 4.78 is 5.47. The summed E-state index contributed by atoms with van der Waals surface area (Å²) in [7, 11) is 0. The molecule has 2 N–H and O–H groups in total. The number of nitrogens with zero attached hydrogens (tertiary/aromatic N) is 2. The number of unbranched alkanes of at least 4 members (excludes halogenated alkanes) is 2. The molecule has 2 fully saturated rings. The minimum absolute atomic E-state index is 0.156. The van der Waals surface area contributed by atoms with Gasteiger partial charge in [0, 0.05) is 32.8 Å². The van der Waals surface area contributed by atoms with Crippen LogP contribution < -0.4 is 5.73 Å². The Kier molecular flexibility index (Phi) is 6.07. The average molecular weight is 269 g/mol. The summed E-state index contributed by atoms with van der Waals surface area (Å²) in [6.07, 6.45) is 5.33. The Labute approximate surface area is 116 Å². The van der Waals surface area contributed by atoms with E-state index in [-0.39, 0.29) is 12.0 Å². The Balaban J connectivity index is 1.63. The molecular formula is C14H27N3O2. The van der Waals surface area contributed by atoms with E-state index in [1.165, 1.54) is 12.8 Å². The fraction of sp³-hybridized carbons (Fsp3) is 0.929. The van der Waals surface area contributed by atoms with Crippen molar-refractivity contribution in [3.63, 3.8) is 0 Å². The van der Waals surface area contributed by atoms with E-state index in [9.17, 15) is 4.79 Å². The lowest BCUT2D eigenvalue weighted by molar-refractivity contribution is -0.142. The first-order valence-corrected chi connectivity index (χ1v) is 7.64. The third kappa shape index (κ3) is 4.44. The first kappa shape index (κ1) is 14.8. The van der Waals surface area contributed by atoms with E-state index in [2.05, 4.69) is 4.90 Å². The number of hydrogen-bond donors (Lipinski definition) is 1. The molecule has 0 aromatic rings. The molecule has 2 aliphatic heterocycles. The molecule has 2 heterocycles. The zero-order valence-electron chi connectivity index (χ0n) is 11.9. The van der Waals surface area contributed by atoms with Gasteiger partial charge in [0.05, 0.1) is 0 Å². The molecule has 1 unspecified atom stereocenters. The van der Waals surface area contributed by atoms with Crippen molar-refractivity contribution in [1.82, 2.24) is 9.80 Å². The van der Waals surface area contributed by atoms with Gasteiger partial charge in [-0.15, -0.1) is 0 Å². The molecule has 19 heavy (non-hydrogen) atoms. The van der Waals surface area contributed by atoms with Crippen LogP contribution in [0.25, 0.3) is 0 Å². The quantitative estimate of drug-likeness (QED) is 0.711. The van der Waals surface area contributed by atoms with Crippen molar-refractivity contribution in [3.8, 4) is 0 Å². The second-order valence-corrected chi connectivity index (χ2v) is 5.52. The number of amides is 1. The van der Waals surface area contributed by atoms with Crippen molar-refractivity contribution >= 4 is 5.91 Å². The molecular weight excluding hydrogens is 242 g/mol. The number of carbonyl (C=O) groups is 1. The summed E-state index contributed by atoms with van der Waals surface area (Å²) in [5.74, 6) is 0.209. The normalized spacial score (nSPS) is 24.9. The highest BCUT2D eigenvalue weighted by atomic mass is 16.5. The second kappa shape index (κ2) is 7.82. The van der Waals surface area contributed by atoms with E-state index < -0.39 is 0 Å². The molecule has 2 aliphatic rings. The molecule has 5 nitrogen and oxygen atoms in total. The molecule has 110 valence electrons. The van der Waals surface area contributed by atoms with Gasteiger partial charge >= 0.3 is 0 Å². The van der Waals surface area contributed by atoms with Crippen molar-refractivity contribution in [2.24, 2.45) is 5.73 Å². The van der Waals surface area contributed by atoms with Gasteiger partial charge < -0.3 is 15.4 Å². The Morgan fingerprint density at radius 3 is 2.58 bits per heavy atom. The molecule has 0 radical (unpaired) electrons. The van der Waals surface area contributed by atoms with Crippen LogP contribution in [0, 0.1) is 0 Å². The molecule has 2 rings (SSSR count). The highest BCUT2D eigenvalue weighted by Crippen LogP contribution is 2.16. The highest BCUT2D eigenvalue weighted by Gasteiger charge is 2.29.